The summed E-state index contributed by atoms with van der Waals surface area (Å²) in [5, 5.41) is 8.55. The number of sulfonamides is 1. The monoisotopic (exact) mass is 297 g/mol. The van der Waals surface area contributed by atoms with Gasteiger partial charge in [-0.05, 0) is 44.5 Å². The Balaban J connectivity index is 1.94. The zero-order valence-corrected chi connectivity index (χ0v) is 12.9. The predicted octanol–water partition coefficient (Wildman–Crippen LogP) is 1.37. The van der Waals surface area contributed by atoms with Crippen molar-refractivity contribution in [3.05, 3.63) is 29.8 Å². The molecule has 1 aromatic carbocycles. The van der Waals surface area contributed by atoms with Gasteiger partial charge in [0, 0.05) is 24.3 Å². The summed E-state index contributed by atoms with van der Waals surface area (Å²) in [5.74, 6) is -0.113. The standard InChI is InChI=1S/C14H23N3O2S/c1-11-9-14(7-8-17(11)2)16-13-5-3-12(4-6-13)10-20(15,18)19/h3-6,11,14,16H,7-10H2,1-2H3,(H2,15,18,19). The van der Waals surface area contributed by atoms with E-state index < -0.39 is 10.0 Å². The van der Waals surface area contributed by atoms with Crippen LogP contribution in [0.5, 0.6) is 0 Å². The summed E-state index contributed by atoms with van der Waals surface area (Å²) in [7, 11) is -1.30. The fourth-order valence-electron chi connectivity index (χ4n) is 2.59. The zero-order chi connectivity index (χ0) is 14.8. The number of piperidine rings is 1. The van der Waals surface area contributed by atoms with Crippen LogP contribution < -0.4 is 10.5 Å². The van der Waals surface area contributed by atoms with Gasteiger partial charge >= 0.3 is 0 Å². The van der Waals surface area contributed by atoms with Crippen LogP contribution in [0.4, 0.5) is 5.69 Å². The predicted molar refractivity (Wildman–Crippen MR) is 82.0 cm³/mol. The van der Waals surface area contributed by atoms with E-state index in [0.29, 0.717) is 12.1 Å². The maximum absolute atomic E-state index is 11.0. The average Bonchev–Trinajstić information content (AvgIpc) is 2.35. The van der Waals surface area contributed by atoms with Crippen LogP contribution in [0.1, 0.15) is 25.3 Å². The molecule has 2 unspecified atom stereocenters. The third kappa shape index (κ3) is 4.47. The van der Waals surface area contributed by atoms with E-state index in [4.69, 9.17) is 5.14 Å². The number of hydrogen-bond acceptors (Lipinski definition) is 4. The van der Waals surface area contributed by atoms with Gasteiger partial charge in [-0.15, -0.1) is 0 Å². The van der Waals surface area contributed by atoms with E-state index in [0.717, 1.165) is 30.6 Å². The second-order valence-electron chi connectivity index (χ2n) is 5.70. The minimum absolute atomic E-state index is 0.113. The molecule has 0 aliphatic carbocycles. The fraction of sp³-hybridized carbons (Fsp3) is 0.571. The Morgan fingerprint density at radius 2 is 2.00 bits per heavy atom. The van der Waals surface area contributed by atoms with E-state index in [1.807, 2.05) is 24.3 Å². The van der Waals surface area contributed by atoms with Gasteiger partial charge in [-0.25, -0.2) is 13.6 Å². The summed E-state index contributed by atoms with van der Waals surface area (Å²) < 4.78 is 22.1. The Kier molecular flexibility index (Phi) is 4.67. The van der Waals surface area contributed by atoms with Gasteiger partial charge in [0.2, 0.25) is 10.0 Å². The summed E-state index contributed by atoms with van der Waals surface area (Å²) in [6.07, 6.45) is 2.25. The number of nitrogens with zero attached hydrogens (tertiary/aromatic N) is 1. The van der Waals surface area contributed by atoms with E-state index in [1.165, 1.54) is 0 Å². The lowest BCUT2D eigenvalue weighted by atomic mass is 9.98. The molecular weight excluding hydrogens is 274 g/mol. The van der Waals surface area contributed by atoms with Crippen LogP contribution in [0.3, 0.4) is 0 Å². The molecule has 0 radical (unpaired) electrons. The molecule has 5 nitrogen and oxygen atoms in total. The minimum atomic E-state index is -3.46. The van der Waals surface area contributed by atoms with E-state index in [9.17, 15) is 8.42 Å². The zero-order valence-electron chi connectivity index (χ0n) is 12.0. The Morgan fingerprint density at radius 1 is 1.35 bits per heavy atom. The van der Waals surface area contributed by atoms with Crippen molar-refractivity contribution < 1.29 is 8.42 Å². The van der Waals surface area contributed by atoms with Crippen LogP contribution in [-0.4, -0.2) is 39.0 Å². The van der Waals surface area contributed by atoms with Crippen LogP contribution in [0, 0.1) is 0 Å². The SMILES string of the molecule is CC1CC(Nc2ccc(CS(N)(=O)=O)cc2)CCN1C. The van der Waals surface area contributed by atoms with E-state index in [2.05, 4.69) is 24.2 Å². The molecule has 1 heterocycles. The molecule has 1 fully saturated rings. The highest BCUT2D eigenvalue weighted by Crippen LogP contribution is 2.20. The molecule has 1 saturated heterocycles. The van der Waals surface area contributed by atoms with Crippen molar-refractivity contribution in [3.63, 3.8) is 0 Å². The largest absolute Gasteiger partial charge is 0.382 e. The highest BCUT2D eigenvalue weighted by molar-refractivity contribution is 7.88. The van der Waals surface area contributed by atoms with Crippen LogP contribution in [0.15, 0.2) is 24.3 Å². The van der Waals surface area contributed by atoms with E-state index in [1.54, 1.807) is 0 Å². The maximum atomic E-state index is 11.0. The Labute approximate surface area is 121 Å². The molecule has 3 N–H and O–H groups in total. The van der Waals surface area contributed by atoms with Gasteiger partial charge in [0.1, 0.15) is 0 Å². The van der Waals surface area contributed by atoms with E-state index in [-0.39, 0.29) is 5.75 Å². The van der Waals surface area contributed by atoms with Crippen LogP contribution >= 0.6 is 0 Å². The van der Waals surface area contributed by atoms with Gasteiger partial charge in [-0.2, -0.15) is 0 Å². The first-order chi connectivity index (χ1) is 9.33. The topological polar surface area (TPSA) is 75.4 Å². The summed E-state index contributed by atoms with van der Waals surface area (Å²) in [5.41, 5.74) is 1.75. The lowest BCUT2D eigenvalue weighted by Gasteiger charge is -2.35. The second-order valence-corrected chi connectivity index (χ2v) is 7.31. The summed E-state index contributed by atoms with van der Waals surface area (Å²) >= 11 is 0. The Hall–Kier alpha value is -1.11. The number of primary sulfonamides is 1. The summed E-state index contributed by atoms with van der Waals surface area (Å²) in [4.78, 5) is 2.37. The average molecular weight is 297 g/mol. The van der Waals surface area contributed by atoms with Crippen molar-refractivity contribution in [1.29, 1.82) is 0 Å². The molecule has 0 aromatic heterocycles. The molecule has 20 heavy (non-hydrogen) atoms. The Bertz CT molecular complexity index is 542. The molecule has 6 heteroatoms. The number of nitrogens with two attached hydrogens (primary N) is 1. The van der Waals surface area contributed by atoms with Crippen molar-refractivity contribution in [1.82, 2.24) is 4.90 Å². The molecule has 2 rings (SSSR count). The first-order valence-electron chi connectivity index (χ1n) is 6.90. The minimum Gasteiger partial charge on any atom is -0.382 e. The third-order valence-corrected chi connectivity index (χ3v) is 4.64. The number of likely N-dealkylation sites (tertiary alicyclic amines) is 1. The number of benzene rings is 1. The second kappa shape index (κ2) is 6.11. The van der Waals surface area contributed by atoms with Crippen LogP contribution in [0.25, 0.3) is 0 Å². The summed E-state index contributed by atoms with van der Waals surface area (Å²) in [6.45, 7) is 3.34. The maximum Gasteiger partial charge on any atom is 0.213 e. The highest BCUT2D eigenvalue weighted by Gasteiger charge is 2.22. The molecular formula is C14H23N3O2S. The molecule has 0 saturated carbocycles. The third-order valence-electron chi connectivity index (χ3n) is 3.90. The first-order valence-corrected chi connectivity index (χ1v) is 8.61. The normalized spacial score (nSPS) is 24.6. The highest BCUT2D eigenvalue weighted by atomic mass is 32.2. The van der Waals surface area contributed by atoms with Gasteiger partial charge in [-0.1, -0.05) is 12.1 Å². The molecule has 2 atom stereocenters. The molecule has 112 valence electrons. The van der Waals surface area contributed by atoms with E-state index >= 15 is 0 Å². The first kappa shape index (κ1) is 15.3. The van der Waals surface area contributed by atoms with Crippen molar-refractivity contribution in [2.24, 2.45) is 5.14 Å². The molecule has 1 aliphatic rings. The van der Waals surface area contributed by atoms with Crippen molar-refractivity contribution in [2.75, 3.05) is 18.9 Å². The van der Waals surface area contributed by atoms with Gasteiger partial charge in [0.15, 0.2) is 0 Å². The smallest absolute Gasteiger partial charge is 0.213 e. The lowest BCUT2D eigenvalue weighted by molar-refractivity contribution is 0.190. The number of hydrogen-bond donors (Lipinski definition) is 2. The number of rotatable bonds is 4. The van der Waals surface area contributed by atoms with Gasteiger partial charge in [-0.3, -0.25) is 0 Å². The van der Waals surface area contributed by atoms with Crippen molar-refractivity contribution in [2.45, 2.75) is 37.6 Å². The van der Waals surface area contributed by atoms with Crippen molar-refractivity contribution in [3.8, 4) is 0 Å². The quantitative estimate of drug-likeness (QED) is 0.880. The van der Waals surface area contributed by atoms with Crippen LogP contribution in [0.2, 0.25) is 0 Å². The molecule has 0 bridgehead atoms. The molecule has 0 amide bonds. The summed E-state index contributed by atoms with van der Waals surface area (Å²) in [6, 6.07) is 8.52. The number of nitrogens with one attached hydrogen (secondary N) is 1. The fourth-order valence-corrected chi connectivity index (χ4v) is 3.24. The van der Waals surface area contributed by atoms with Gasteiger partial charge in [0.25, 0.3) is 0 Å². The molecule has 1 aliphatic heterocycles. The lowest BCUT2D eigenvalue weighted by Crippen LogP contribution is -2.42. The van der Waals surface area contributed by atoms with Crippen LogP contribution in [-0.2, 0) is 15.8 Å². The molecule has 0 spiro atoms. The number of anilines is 1. The molecule has 1 aromatic rings. The van der Waals surface area contributed by atoms with Crippen molar-refractivity contribution >= 4 is 15.7 Å². The van der Waals surface area contributed by atoms with Gasteiger partial charge < -0.3 is 10.2 Å². The Morgan fingerprint density at radius 3 is 2.55 bits per heavy atom. The van der Waals surface area contributed by atoms with Gasteiger partial charge in [0.05, 0.1) is 5.75 Å².